The van der Waals surface area contributed by atoms with Gasteiger partial charge in [0.2, 0.25) is 0 Å². The Morgan fingerprint density at radius 2 is 1.85 bits per heavy atom. The van der Waals surface area contributed by atoms with Crippen molar-refractivity contribution in [1.29, 1.82) is 0 Å². The van der Waals surface area contributed by atoms with E-state index in [0.29, 0.717) is 18.9 Å². The number of benzene rings is 1. The highest BCUT2D eigenvalue weighted by atomic mass is 19.2. The lowest BCUT2D eigenvalue weighted by atomic mass is 10.0. The van der Waals surface area contributed by atoms with E-state index < -0.39 is 40.9 Å². The number of piperidine rings is 1. The predicted molar refractivity (Wildman–Crippen MR) is 62.6 cm³/mol. The molecule has 0 saturated carbocycles. The fourth-order valence-corrected chi connectivity index (χ4v) is 2.28. The largest absolute Gasteiger partial charge is 0.480 e. The second-order valence-electron chi connectivity index (χ2n) is 4.57. The number of amides is 1. The number of halogens is 3. The van der Waals surface area contributed by atoms with Crippen LogP contribution < -0.4 is 0 Å². The first-order valence-corrected chi connectivity index (χ1v) is 6.10. The molecule has 1 fully saturated rings. The van der Waals surface area contributed by atoms with E-state index in [1.54, 1.807) is 0 Å². The average Bonchev–Trinajstić information content (AvgIpc) is 2.44. The van der Waals surface area contributed by atoms with Gasteiger partial charge in [-0.3, -0.25) is 4.79 Å². The van der Waals surface area contributed by atoms with Crippen LogP contribution in [0.15, 0.2) is 12.1 Å². The van der Waals surface area contributed by atoms with Crippen molar-refractivity contribution in [2.75, 3.05) is 6.54 Å². The maximum absolute atomic E-state index is 13.6. The number of hydrogen-bond donors (Lipinski definition) is 1. The highest BCUT2D eigenvalue weighted by Gasteiger charge is 2.34. The van der Waals surface area contributed by atoms with Gasteiger partial charge in [-0.25, -0.2) is 18.0 Å². The van der Waals surface area contributed by atoms with Gasteiger partial charge in [-0.2, -0.15) is 0 Å². The quantitative estimate of drug-likeness (QED) is 0.848. The monoisotopic (exact) mass is 287 g/mol. The average molecular weight is 287 g/mol. The van der Waals surface area contributed by atoms with Gasteiger partial charge < -0.3 is 10.0 Å². The van der Waals surface area contributed by atoms with Gasteiger partial charge in [0, 0.05) is 6.54 Å². The molecule has 1 aliphatic rings. The molecule has 0 aliphatic carbocycles. The van der Waals surface area contributed by atoms with E-state index in [2.05, 4.69) is 0 Å². The molecule has 0 aromatic heterocycles. The third-order valence-electron chi connectivity index (χ3n) is 3.31. The number of aliphatic carboxylic acids is 1. The van der Waals surface area contributed by atoms with Gasteiger partial charge in [0.1, 0.15) is 6.04 Å². The first-order valence-electron chi connectivity index (χ1n) is 6.10. The highest BCUT2D eigenvalue weighted by molar-refractivity contribution is 5.97. The van der Waals surface area contributed by atoms with Crippen LogP contribution in [0, 0.1) is 17.5 Å². The smallest absolute Gasteiger partial charge is 0.326 e. The van der Waals surface area contributed by atoms with Crippen LogP contribution in [0.25, 0.3) is 0 Å². The molecule has 1 N–H and O–H groups in total. The van der Waals surface area contributed by atoms with E-state index in [9.17, 15) is 22.8 Å². The molecule has 0 spiro atoms. The number of hydrogen-bond acceptors (Lipinski definition) is 2. The van der Waals surface area contributed by atoms with Crippen LogP contribution in [0.1, 0.15) is 29.6 Å². The van der Waals surface area contributed by atoms with E-state index in [4.69, 9.17) is 5.11 Å². The van der Waals surface area contributed by atoms with E-state index in [1.165, 1.54) is 0 Å². The van der Waals surface area contributed by atoms with Crippen LogP contribution in [0.4, 0.5) is 13.2 Å². The van der Waals surface area contributed by atoms with Crippen molar-refractivity contribution in [1.82, 2.24) is 4.90 Å². The fraction of sp³-hybridized carbons (Fsp3) is 0.385. The lowest BCUT2D eigenvalue weighted by Gasteiger charge is -2.33. The van der Waals surface area contributed by atoms with Crippen molar-refractivity contribution >= 4 is 11.9 Å². The Morgan fingerprint density at radius 1 is 1.15 bits per heavy atom. The molecule has 1 amide bonds. The molecule has 1 aromatic rings. The van der Waals surface area contributed by atoms with Gasteiger partial charge in [0.15, 0.2) is 17.5 Å². The molecule has 0 radical (unpaired) electrons. The Labute approximate surface area is 112 Å². The van der Waals surface area contributed by atoms with Gasteiger partial charge in [-0.05, 0) is 31.4 Å². The normalized spacial score (nSPS) is 18.9. The molecular formula is C13H12F3NO3. The fourth-order valence-electron chi connectivity index (χ4n) is 2.28. The maximum Gasteiger partial charge on any atom is 0.326 e. The summed E-state index contributed by atoms with van der Waals surface area (Å²) in [5.74, 6) is -6.86. The summed E-state index contributed by atoms with van der Waals surface area (Å²) in [4.78, 5) is 24.2. The lowest BCUT2D eigenvalue weighted by molar-refractivity contribution is -0.143. The van der Waals surface area contributed by atoms with E-state index in [-0.39, 0.29) is 13.0 Å². The van der Waals surface area contributed by atoms with Crippen LogP contribution in [-0.2, 0) is 4.79 Å². The third-order valence-corrected chi connectivity index (χ3v) is 3.31. The van der Waals surface area contributed by atoms with Gasteiger partial charge in [-0.15, -0.1) is 0 Å². The van der Waals surface area contributed by atoms with Crippen LogP contribution >= 0.6 is 0 Å². The zero-order valence-corrected chi connectivity index (χ0v) is 10.4. The Hall–Kier alpha value is -2.05. The zero-order chi connectivity index (χ0) is 14.9. The molecule has 0 bridgehead atoms. The topological polar surface area (TPSA) is 57.6 Å². The summed E-state index contributed by atoms with van der Waals surface area (Å²) in [5.41, 5.74) is -0.656. The minimum Gasteiger partial charge on any atom is -0.480 e. The summed E-state index contributed by atoms with van der Waals surface area (Å²) in [7, 11) is 0. The zero-order valence-electron chi connectivity index (χ0n) is 10.4. The third kappa shape index (κ3) is 2.48. The van der Waals surface area contributed by atoms with Crippen LogP contribution in [-0.4, -0.2) is 34.5 Å². The van der Waals surface area contributed by atoms with Crippen LogP contribution in [0.3, 0.4) is 0 Å². The summed E-state index contributed by atoms with van der Waals surface area (Å²) in [5, 5.41) is 9.05. The number of carboxylic acid groups (broad SMARTS) is 1. The predicted octanol–water partition coefficient (Wildman–Crippen LogP) is 2.18. The minimum atomic E-state index is -1.74. The standard InChI is InChI=1S/C13H12F3NO3/c14-8-5-4-7(10(15)11(8)16)12(18)17-6-2-1-3-9(17)13(19)20/h4-5,9H,1-3,6H2,(H,19,20)/t9-/m0/s1. The SMILES string of the molecule is O=C(O)[C@@H]1CCCCN1C(=O)c1ccc(F)c(F)c1F. The first-order chi connectivity index (χ1) is 9.43. The van der Waals surface area contributed by atoms with Gasteiger partial charge in [-0.1, -0.05) is 0 Å². The highest BCUT2D eigenvalue weighted by Crippen LogP contribution is 2.22. The Kier molecular flexibility index (Phi) is 3.96. The minimum absolute atomic E-state index is 0.147. The lowest BCUT2D eigenvalue weighted by Crippen LogP contribution is -2.48. The van der Waals surface area contributed by atoms with Crippen molar-refractivity contribution in [2.45, 2.75) is 25.3 Å². The van der Waals surface area contributed by atoms with Crippen molar-refractivity contribution in [3.8, 4) is 0 Å². The molecule has 0 unspecified atom stereocenters. The Bertz CT molecular complexity index is 562. The van der Waals surface area contributed by atoms with E-state index in [0.717, 1.165) is 11.0 Å². The van der Waals surface area contributed by atoms with Crippen LogP contribution in [0.2, 0.25) is 0 Å². The summed E-state index contributed by atoms with van der Waals surface area (Å²) in [6.45, 7) is 0.147. The Balaban J connectivity index is 2.35. The number of carbonyl (C=O) groups is 2. The van der Waals surface area contributed by atoms with Gasteiger partial charge in [0.25, 0.3) is 5.91 Å². The summed E-state index contributed by atoms with van der Waals surface area (Å²) < 4.78 is 39.6. The Morgan fingerprint density at radius 3 is 2.50 bits per heavy atom. The molecule has 2 rings (SSSR count). The number of carbonyl (C=O) groups excluding carboxylic acids is 1. The summed E-state index contributed by atoms with van der Waals surface area (Å²) in [6, 6.07) is 0.401. The maximum atomic E-state index is 13.6. The second-order valence-corrected chi connectivity index (χ2v) is 4.57. The van der Waals surface area contributed by atoms with Crippen molar-refractivity contribution in [3.05, 3.63) is 35.1 Å². The number of carboxylic acids is 1. The van der Waals surface area contributed by atoms with Crippen molar-refractivity contribution in [3.63, 3.8) is 0 Å². The number of likely N-dealkylation sites (tertiary alicyclic amines) is 1. The molecule has 7 heteroatoms. The molecule has 1 heterocycles. The molecule has 1 aromatic carbocycles. The first kappa shape index (κ1) is 14.4. The van der Waals surface area contributed by atoms with Crippen LogP contribution in [0.5, 0.6) is 0 Å². The summed E-state index contributed by atoms with van der Waals surface area (Å²) in [6.07, 6.45) is 1.48. The summed E-state index contributed by atoms with van der Waals surface area (Å²) >= 11 is 0. The second kappa shape index (κ2) is 5.52. The molecule has 1 atom stereocenters. The van der Waals surface area contributed by atoms with Gasteiger partial charge >= 0.3 is 5.97 Å². The molecule has 108 valence electrons. The number of nitrogens with zero attached hydrogens (tertiary/aromatic N) is 1. The van der Waals surface area contributed by atoms with E-state index in [1.807, 2.05) is 0 Å². The molecule has 4 nitrogen and oxygen atoms in total. The molecule has 20 heavy (non-hydrogen) atoms. The molecule has 1 saturated heterocycles. The molecule has 1 aliphatic heterocycles. The number of rotatable bonds is 2. The van der Waals surface area contributed by atoms with Crippen molar-refractivity contribution in [2.24, 2.45) is 0 Å². The van der Waals surface area contributed by atoms with Crippen molar-refractivity contribution < 1.29 is 27.9 Å². The van der Waals surface area contributed by atoms with E-state index >= 15 is 0 Å². The van der Waals surface area contributed by atoms with Gasteiger partial charge in [0.05, 0.1) is 5.56 Å². The molecular weight excluding hydrogens is 275 g/mol.